The first kappa shape index (κ1) is 12.4. The van der Waals surface area contributed by atoms with Gasteiger partial charge in [0.25, 0.3) is 0 Å². The summed E-state index contributed by atoms with van der Waals surface area (Å²) >= 11 is 3.42. The molecule has 2 aromatic rings. The minimum Gasteiger partial charge on any atom is -0.455 e. The first-order chi connectivity index (χ1) is 9.13. The fourth-order valence-electron chi connectivity index (χ4n) is 1.82. The van der Waals surface area contributed by atoms with Crippen molar-refractivity contribution in [1.82, 2.24) is 5.43 Å². The molecule has 1 aliphatic carbocycles. The van der Waals surface area contributed by atoms with Gasteiger partial charge in [0.1, 0.15) is 11.3 Å². The second-order valence-electron chi connectivity index (χ2n) is 4.74. The van der Waals surface area contributed by atoms with Crippen LogP contribution in [0.5, 0.6) is 0 Å². The minimum atomic E-state index is -0.00166. The molecule has 1 saturated carbocycles. The summed E-state index contributed by atoms with van der Waals surface area (Å²) in [6.07, 6.45) is 1.94. The molecule has 1 fully saturated rings. The van der Waals surface area contributed by atoms with Crippen LogP contribution in [0.15, 0.2) is 38.3 Å². The van der Waals surface area contributed by atoms with Crippen LogP contribution in [-0.4, -0.2) is 11.6 Å². The minimum absolute atomic E-state index is 0.00166. The van der Waals surface area contributed by atoms with Crippen LogP contribution < -0.4 is 5.43 Å². The summed E-state index contributed by atoms with van der Waals surface area (Å²) in [6.45, 7) is 1.82. The maximum absolute atomic E-state index is 11.5. The van der Waals surface area contributed by atoms with Crippen LogP contribution in [0, 0.1) is 5.92 Å². The molecule has 1 aromatic heterocycles. The number of hydrogen-bond acceptors (Lipinski definition) is 3. The van der Waals surface area contributed by atoms with Crippen molar-refractivity contribution < 1.29 is 9.21 Å². The predicted octanol–water partition coefficient (Wildman–Crippen LogP) is 3.45. The fourth-order valence-corrected chi connectivity index (χ4v) is 2.20. The number of furan rings is 1. The van der Waals surface area contributed by atoms with Crippen LogP contribution in [0.2, 0.25) is 0 Å². The van der Waals surface area contributed by atoms with Gasteiger partial charge in [0, 0.05) is 15.8 Å². The van der Waals surface area contributed by atoms with E-state index in [1.54, 1.807) is 0 Å². The lowest BCUT2D eigenvalue weighted by molar-refractivity contribution is -0.122. The maximum Gasteiger partial charge on any atom is 0.243 e. The number of hydrogen-bond donors (Lipinski definition) is 1. The van der Waals surface area contributed by atoms with Gasteiger partial charge >= 0.3 is 0 Å². The van der Waals surface area contributed by atoms with Crippen LogP contribution in [-0.2, 0) is 4.79 Å². The average molecular weight is 321 g/mol. The monoisotopic (exact) mass is 320 g/mol. The van der Waals surface area contributed by atoms with Gasteiger partial charge in [-0.2, -0.15) is 5.10 Å². The number of nitrogens with one attached hydrogen (secondary N) is 1. The smallest absolute Gasteiger partial charge is 0.243 e. The van der Waals surface area contributed by atoms with E-state index in [0.29, 0.717) is 11.5 Å². The molecule has 0 spiro atoms. The van der Waals surface area contributed by atoms with Crippen molar-refractivity contribution in [1.29, 1.82) is 0 Å². The summed E-state index contributed by atoms with van der Waals surface area (Å²) in [5.41, 5.74) is 4.05. The number of rotatable bonds is 3. The molecule has 1 amide bonds. The Bertz CT molecular complexity index is 671. The zero-order valence-corrected chi connectivity index (χ0v) is 12.0. The van der Waals surface area contributed by atoms with E-state index in [9.17, 15) is 4.79 Å². The Morgan fingerprint density at radius 2 is 2.21 bits per heavy atom. The Hall–Kier alpha value is -1.62. The molecular formula is C14H13BrN2O2. The highest BCUT2D eigenvalue weighted by atomic mass is 79.9. The molecule has 4 nitrogen and oxygen atoms in total. The molecule has 0 atom stereocenters. The summed E-state index contributed by atoms with van der Waals surface area (Å²) in [7, 11) is 0. The molecule has 98 valence electrons. The van der Waals surface area contributed by atoms with Crippen molar-refractivity contribution in [2.75, 3.05) is 0 Å². The molecule has 0 aliphatic heterocycles. The van der Waals surface area contributed by atoms with Gasteiger partial charge in [-0.15, -0.1) is 0 Å². The SMILES string of the molecule is C/C(=N/NC(=O)C1CC1)c1cc2cc(Br)ccc2o1. The van der Waals surface area contributed by atoms with E-state index in [-0.39, 0.29) is 11.8 Å². The predicted molar refractivity (Wildman–Crippen MR) is 77.0 cm³/mol. The standard InChI is InChI=1S/C14H13BrN2O2/c1-8(16-17-14(18)9-2-3-9)13-7-10-6-11(15)4-5-12(10)19-13/h4-7,9H,2-3H2,1H3,(H,17,18)/b16-8-. The Morgan fingerprint density at radius 1 is 1.42 bits per heavy atom. The van der Waals surface area contributed by atoms with Crippen molar-refractivity contribution in [3.8, 4) is 0 Å². The van der Waals surface area contributed by atoms with Crippen LogP contribution in [0.25, 0.3) is 11.0 Å². The molecule has 1 N–H and O–H groups in total. The van der Waals surface area contributed by atoms with E-state index >= 15 is 0 Å². The maximum atomic E-state index is 11.5. The molecule has 0 saturated heterocycles. The third-order valence-corrected chi connectivity index (χ3v) is 3.61. The van der Waals surface area contributed by atoms with Crippen molar-refractivity contribution in [2.45, 2.75) is 19.8 Å². The molecule has 3 rings (SSSR count). The lowest BCUT2D eigenvalue weighted by Gasteiger charge is -1.98. The van der Waals surface area contributed by atoms with Crippen LogP contribution in [0.3, 0.4) is 0 Å². The molecule has 0 bridgehead atoms. The summed E-state index contributed by atoms with van der Waals surface area (Å²) in [4.78, 5) is 11.5. The van der Waals surface area contributed by atoms with Gasteiger partial charge in [0.15, 0.2) is 5.76 Å². The Kier molecular flexibility index (Phi) is 3.14. The Balaban J connectivity index is 1.82. The molecule has 1 aliphatic rings. The highest BCUT2D eigenvalue weighted by Gasteiger charge is 2.29. The normalized spacial score (nSPS) is 15.8. The van der Waals surface area contributed by atoms with Gasteiger partial charge in [0.05, 0.1) is 0 Å². The topological polar surface area (TPSA) is 54.6 Å². The molecule has 1 aromatic carbocycles. The van der Waals surface area contributed by atoms with E-state index in [1.807, 2.05) is 31.2 Å². The number of nitrogens with zero attached hydrogens (tertiary/aromatic N) is 1. The number of hydrazone groups is 1. The van der Waals surface area contributed by atoms with Crippen LogP contribution in [0.1, 0.15) is 25.5 Å². The van der Waals surface area contributed by atoms with Crippen molar-refractivity contribution in [2.24, 2.45) is 11.0 Å². The lowest BCUT2D eigenvalue weighted by Crippen LogP contribution is -2.20. The van der Waals surface area contributed by atoms with Gasteiger partial charge in [0.2, 0.25) is 5.91 Å². The molecule has 1 heterocycles. The quantitative estimate of drug-likeness (QED) is 0.695. The third-order valence-electron chi connectivity index (χ3n) is 3.12. The molecule has 19 heavy (non-hydrogen) atoms. The molecule has 5 heteroatoms. The molecule has 0 radical (unpaired) electrons. The van der Waals surface area contributed by atoms with Gasteiger partial charge < -0.3 is 4.42 Å². The highest BCUT2D eigenvalue weighted by molar-refractivity contribution is 9.10. The summed E-state index contributed by atoms with van der Waals surface area (Å²) in [5, 5.41) is 5.09. The number of carbonyl (C=O) groups is 1. The molecular weight excluding hydrogens is 308 g/mol. The summed E-state index contributed by atoms with van der Waals surface area (Å²) in [5.74, 6) is 0.825. The van der Waals surface area contributed by atoms with E-state index in [4.69, 9.17) is 4.42 Å². The zero-order chi connectivity index (χ0) is 13.4. The Labute approximate surface area is 119 Å². The first-order valence-corrected chi connectivity index (χ1v) is 6.96. The van der Waals surface area contributed by atoms with Crippen LogP contribution >= 0.6 is 15.9 Å². The fraction of sp³-hybridized carbons (Fsp3) is 0.286. The van der Waals surface area contributed by atoms with Crippen molar-refractivity contribution in [3.63, 3.8) is 0 Å². The number of carbonyl (C=O) groups excluding carboxylic acids is 1. The Morgan fingerprint density at radius 3 is 2.95 bits per heavy atom. The number of fused-ring (bicyclic) bond motifs is 1. The van der Waals surface area contributed by atoms with Crippen molar-refractivity contribution >= 4 is 38.5 Å². The number of benzene rings is 1. The van der Waals surface area contributed by atoms with Crippen molar-refractivity contribution in [3.05, 3.63) is 34.5 Å². The summed E-state index contributed by atoms with van der Waals surface area (Å²) < 4.78 is 6.69. The van der Waals surface area contributed by atoms with Crippen LogP contribution in [0.4, 0.5) is 0 Å². The van der Waals surface area contributed by atoms with E-state index in [0.717, 1.165) is 28.3 Å². The second-order valence-corrected chi connectivity index (χ2v) is 5.66. The highest BCUT2D eigenvalue weighted by Crippen LogP contribution is 2.28. The third kappa shape index (κ3) is 2.71. The summed E-state index contributed by atoms with van der Waals surface area (Å²) in [6, 6.07) is 7.73. The largest absolute Gasteiger partial charge is 0.455 e. The number of amides is 1. The van der Waals surface area contributed by atoms with Gasteiger partial charge in [-0.3, -0.25) is 4.79 Å². The van der Waals surface area contributed by atoms with Gasteiger partial charge in [-0.05, 0) is 44.0 Å². The van der Waals surface area contributed by atoms with E-state index < -0.39 is 0 Å². The first-order valence-electron chi connectivity index (χ1n) is 6.17. The van der Waals surface area contributed by atoms with Gasteiger partial charge in [-0.1, -0.05) is 15.9 Å². The van der Waals surface area contributed by atoms with E-state index in [2.05, 4.69) is 26.5 Å². The number of halogens is 1. The van der Waals surface area contributed by atoms with E-state index in [1.165, 1.54) is 0 Å². The second kappa shape index (κ2) is 4.81. The molecule has 0 unspecified atom stereocenters. The zero-order valence-electron chi connectivity index (χ0n) is 10.4. The lowest BCUT2D eigenvalue weighted by atomic mass is 10.2. The van der Waals surface area contributed by atoms with Gasteiger partial charge in [-0.25, -0.2) is 5.43 Å². The average Bonchev–Trinajstić information content (AvgIpc) is 3.15.